The maximum absolute atomic E-state index is 13.0. The number of benzene rings is 3. The summed E-state index contributed by atoms with van der Waals surface area (Å²) in [4.78, 5) is 17.2. The highest BCUT2D eigenvalue weighted by Gasteiger charge is 2.24. The minimum atomic E-state index is -3.73. The smallest absolute Gasteiger partial charge is 0.261 e. The Bertz CT molecular complexity index is 1320. The van der Waals surface area contributed by atoms with Gasteiger partial charge in [0.25, 0.3) is 15.9 Å². The molecule has 0 bridgehead atoms. The lowest BCUT2D eigenvalue weighted by Gasteiger charge is -2.34. The largest absolute Gasteiger partial charge is 0.454 e. The maximum Gasteiger partial charge on any atom is 0.261 e. The van der Waals surface area contributed by atoms with Gasteiger partial charge in [-0.05, 0) is 61.0 Å². The zero-order valence-corrected chi connectivity index (χ0v) is 21.5. The van der Waals surface area contributed by atoms with E-state index >= 15 is 0 Å². The summed E-state index contributed by atoms with van der Waals surface area (Å²) in [5.74, 6) is 1.45. The van der Waals surface area contributed by atoms with Crippen molar-refractivity contribution in [3.05, 3.63) is 83.4 Å². The molecule has 1 amide bonds. The van der Waals surface area contributed by atoms with E-state index in [0.29, 0.717) is 24.3 Å². The molecule has 0 unspecified atom stereocenters. The third-order valence-corrected chi connectivity index (χ3v) is 7.62. The molecule has 8 nitrogen and oxygen atoms in total. The van der Waals surface area contributed by atoms with Gasteiger partial charge < -0.3 is 14.4 Å². The second-order valence-corrected chi connectivity index (χ2v) is 10.4. The first-order chi connectivity index (χ1) is 16.9. The van der Waals surface area contributed by atoms with Crippen molar-refractivity contribution < 1.29 is 22.7 Å². The molecule has 190 valence electrons. The van der Waals surface area contributed by atoms with Crippen LogP contribution in [-0.2, 0) is 16.6 Å². The van der Waals surface area contributed by atoms with E-state index < -0.39 is 10.0 Å². The summed E-state index contributed by atoms with van der Waals surface area (Å²) < 4.78 is 38.8. The number of carbonyl (C=O) groups is 1. The molecule has 2 aliphatic heterocycles. The number of ether oxygens (including phenoxy) is 2. The Kier molecular flexibility index (Phi) is 7.73. The van der Waals surface area contributed by atoms with Gasteiger partial charge in [0.2, 0.25) is 6.79 Å². The zero-order chi connectivity index (χ0) is 24.4. The standard InChI is InChI=1S/C26H27N3O5S.ClH/c1-19-2-7-22(8-3-19)27-35(31,32)23-9-5-21(6-10-23)26(30)29-14-12-28(13-15-29)17-20-4-11-24-25(16-20)34-18-33-24;/h2-11,16,27H,12-15,17-18H2,1H3;1H. The van der Waals surface area contributed by atoms with Gasteiger partial charge in [0.1, 0.15) is 0 Å². The van der Waals surface area contributed by atoms with E-state index in [0.717, 1.165) is 42.3 Å². The van der Waals surface area contributed by atoms with E-state index in [9.17, 15) is 13.2 Å². The van der Waals surface area contributed by atoms with Crippen molar-refractivity contribution in [2.45, 2.75) is 18.4 Å². The lowest BCUT2D eigenvalue weighted by atomic mass is 10.1. The molecule has 1 N–H and O–H groups in total. The molecule has 0 radical (unpaired) electrons. The molecular weight excluding hydrogens is 502 g/mol. The molecule has 0 aliphatic carbocycles. The fourth-order valence-electron chi connectivity index (χ4n) is 4.20. The number of fused-ring (bicyclic) bond motifs is 1. The normalized spacial score (nSPS) is 15.3. The van der Waals surface area contributed by atoms with E-state index in [-0.39, 0.29) is 30.0 Å². The van der Waals surface area contributed by atoms with Gasteiger partial charge in [-0.15, -0.1) is 12.4 Å². The van der Waals surface area contributed by atoms with Crippen LogP contribution in [-0.4, -0.2) is 57.1 Å². The van der Waals surface area contributed by atoms with Crippen LogP contribution in [0.2, 0.25) is 0 Å². The molecule has 5 rings (SSSR count). The lowest BCUT2D eigenvalue weighted by Crippen LogP contribution is -2.48. The van der Waals surface area contributed by atoms with Gasteiger partial charge in [-0.3, -0.25) is 14.4 Å². The Hall–Kier alpha value is -3.27. The summed E-state index contributed by atoms with van der Waals surface area (Å²) in [6.45, 7) is 5.71. The Morgan fingerprint density at radius 2 is 1.56 bits per heavy atom. The van der Waals surface area contributed by atoms with E-state index in [4.69, 9.17) is 9.47 Å². The van der Waals surface area contributed by atoms with Gasteiger partial charge in [-0.1, -0.05) is 23.8 Å². The van der Waals surface area contributed by atoms with E-state index in [1.807, 2.05) is 42.2 Å². The van der Waals surface area contributed by atoms with Crippen molar-refractivity contribution >= 4 is 34.0 Å². The zero-order valence-electron chi connectivity index (χ0n) is 19.8. The van der Waals surface area contributed by atoms with Crippen LogP contribution in [0, 0.1) is 6.92 Å². The molecule has 0 saturated carbocycles. The van der Waals surface area contributed by atoms with Crippen LogP contribution in [0.25, 0.3) is 0 Å². The molecule has 2 aliphatic rings. The van der Waals surface area contributed by atoms with Gasteiger partial charge in [0.05, 0.1) is 4.90 Å². The number of anilines is 1. The van der Waals surface area contributed by atoms with Crippen LogP contribution < -0.4 is 14.2 Å². The van der Waals surface area contributed by atoms with Crippen LogP contribution in [0.5, 0.6) is 11.5 Å². The number of hydrogen-bond donors (Lipinski definition) is 1. The van der Waals surface area contributed by atoms with Gasteiger partial charge in [-0.25, -0.2) is 8.42 Å². The van der Waals surface area contributed by atoms with Crippen molar-refractivity contribution in [1.82, 2.24) is 9.80 Å². The number of hydrogen-bond acceptors (Lipinski definition) is 6. The molecule has 0 aromatic heterocycles. The van der Waals surface area contributed by atoms with Gasteiger partial charge in [0.15, 0.2) is 11.5 Å². The minimum Gasteiger partial charge on any atom is -0.454 e. The number of nitrogens with zero attached hydrogens (tertiary/aromatic N) is 2. The lowest BCUT2D eigenvalue weighted by molar-refractivity contribution is 0.0628. The first-order valence-corrected chi connectivity index (χ1v) is 13.0. The number of aryl methyl sites for hydroxylation is 1. The molecule has 36 heavy (non-hydrogen) atoms. The van der Waals surface area contributed by atoms with Crippen molar-refractivity contribution in [2.24, 2.45) is 0 Å². The Morgan fingerprint density at radius 1 is 0.889 bits per heavy atom. The number of sulfonamides is 1. The van der Waals surface area contributed by atoms with E-state index in [1.54, 1.807) is 24.3 Å². The van der Waals surface area contributed by atoms with Crippen molar-refractivity contribution in [1.29, 1.82) is 0 Å². The minimum absolute atomic E-state index is 0. The number of amides is 1. The van der Waals surface area contributed by atoms with E-state index in [1.165, 1.54) is 12.1 Å². The van der Waals surface area contributed by atoms with Gasteiger partial charge in [0, 0.05) is 44.0 Å². The maximum atomic E-state index is 13.0. The summed E-state index contributed by atoms with van der Waals surface area (Å²) in [5, 5.41) is 0. The average Bonchev–Trinajstić information content (AvgIpc) is 3.33. The monoisotopic (exact) mass is 529 g/mol. The van der Waals surface area contributed by atoms with Crippen LogP contribution in [0.1, 0.15) is 21.5 Å². The van der Waals surface area contributed by atoms with Crippen molar-refractivity contribution in [2.75, 3.05) is 37.7 Å². The second kappa shape index (κ2) is 10.8. The van der Waals surface area contributed by atoms with Crippen molar-refractivity contribution in [3.63, 3.8) is 0 Å². The summed E-state index contributed by atoms with van der Waals surface area (Å²) in [6, 6.07) is 19.2. The topological polar surface area (TPSA) is 88.2 Å². The third-order valence-electron chi connectivity index (χ3n) is 6.22. The predicted molar refractivity (Wildman–Crippen MR) is 139 cm³/mol. The second-order valence-electron chi connectivity index (χ2n) is 8.75. The number of nitrogens with one attached hydrogen (secondary N) is 1. The predicted octanol–water partition coefficient (Wildman–Crippen LogP) is 3.90. The van der Waals surface area contributed by atoms with Gasteiger partial charge in [-0.2, -0.15) is 0 Å². The molecule has 1 saturated heterocycles. The Labute approximate surface area is 217 Å². The van der Waals surface area contributed by atoms with Gasteiger partial charge >= 0.3 is 0 Å². The molecular formula is C26H28ClN3O5S. The first-order valence-electron chi connectivity index (χ1n) is 11.5. The number of rotatable bonds is 6. The Balaban J connectivity index is 0.00000304. The fraction of sp³-hybridized carbons (Fsp3) is 0.269. The highest BCUT2D eigenvalue weighted by atomic mass is 35.5. The summed E-state index contributed by atoms with van der Waals surface area (Å²) in [7, 11) is -3.73. The number of piperazine rings is 1. The SMILES string of the molecule is Cc1ccc(NS(=O)(=O)c2ccc(C(=O)N3CCN(Cc4ccc5c(c4)OCO5)CC3)cc2)cc1.Cl. The average molecular weight is 530 g/mol. The highest BCUT2D eigenvalue weighted by molar-refractivity contribution is 7.92. The highest BCUT2D eigenvalue weighted by Crippen LogP contribution is 2.33. The molecule has 3 aromatic rings. The molecule has 3 aromatic carbocycles. The number of halogens is 1. The molecule has 1 fully saturated rings. The molecule has 2 heterocycles. The molecule has 0 spiro atoms. The van der Waals surface area contributed by atoms with Crippen LogP contribution in [0.3, 0.4) is 0 Å². The third kappa shape index (κ3) is 5.75. The summed E-state index contributed by atoms with van der Waals surface area (Å²) in [6.07, 6.45) is 0. The van der Waals surface area contributed by atoms with Crippen LogP contribution in [0.15, 0.2) is 71.6 Å². The number of carbonyl (C=O) groups excluding carboxylic acids is 1. The van der Waals surface area contributed by atoms with Crippen molar-refractivity contribution in [3.8, 4) is 11.5 Å². The fourth-order valence-corrected chi connectivity index (χ4v) is 5.26. The molecule has 0 atom stereocenters. The Morgan fingerprint density at radius 3 is 2.25 bits per heavy atom. The van der Waals surface area contributed by atoms with Crippen LogP contribution in [0.4, 0.5) is 5.69 Å². The van der Waals surface area contributed by atoms with Crippen LogP contribution >= 0.6 is 12.4 Å². The summed E-state index contributed by atoms with van der Waals surface area (Å²) in [5.41, 5.74) is 3.16. The summed E-state index contributed by atoms with van der Waals surface area (Å²) >= 11 is 0. The molecule has 10 heteroatoms. The first kappa shape index (κ1) is 25.8. The quantitative estimate of drug-likeness (QED) is 0.521. The van der Waals surface area contributed by atoms with E-state index in [2.05, 4.69) is 9.62 Å².